The lowest BCUT2D eigenvalue weighted by Gasteiger charge is -2.26. The van der Waals surface area contributed by atoms with Gasteiger partial charge in [-0.2, -0.15) is 11.8 Å². The molecule has 1 rings (SSSR count). The monoisotopic (exact) mass is 296 g/mol. The smallest absolute Gasteiger partial charge is 0.330 e. The second-order valence-corrected chi connectivity index (χ2v) is 5.46. The van der Waals surface area contributed by atoms with Crippen molar-refractivity contribution in [2.24, 2.45) is 0 Å². The molecule has 0 bridgehead atoms. The summed E-state index contributed by atoms with van der Waals surface area (Å²) in [4.78, 5) is 24.9. The van der Waals surface area contributed by atoms with Gasteiger partial charge in [-0.1, -0.05) is 30.3 Å². The van der Waals surface area contributed by atoms with E-state index in [1.807, 2.05) is 13.2 Å². The molecule has 6 heteroatoms. The number of nitrogens with one attached hydrogen (secondary N) is 1. The van der Waals surface area contributed by atoms with E-state index < -0.39 is 12.0 Å². The van der Waals surface area contributed by atoms with E-state index in [1.54, 1.807) is 49.1 Å². The first-order valence-electron chi connectivity index (χ1n) is 6.27. The van der Waals surface area contributed by atoms with Gasteiger partial charge >= 0.3 is 12.0 Å². The molecule has 20 heavy (non-hydrogen) atoms. The van der Waals surface area contributed by atoms with Gasteiger partial charge in [-0.05, 0) is 18.7 Å². The van der Waals surface area contributed by atoms with E-state index in [4.69, 9.17) is 0 Å². The molecule has 0 saturated carbocycles. The number of carboxylic acid groups (broad SMARTS) is 1. The molecule has 0 radical (unpaired) electrons. The summed E-state index contributed by atoms with van der Waals surface area (Å²) in [5.41, 5.74) is 0.555. The molecule has 0 aliphatic rings. The molecule has 5 nitrogen and oxygen atoms in total. The molecule has 1 unspecified atom stereocenters. The number of urea groups is 1. The summed E-state index contributed by atoms with van der Waals surface area (Å²) < 4.78 is 0. The molecule has 1 aromatic carbocycles. The summed E-state index contributed by atoms with van der Waals surface area (Å²) in [6.07, 6.45) is 1.96. The van der Waals surface area contributed by atoms with Crippen molar-refractivity contribution in [3.05, 3.63) is 35.9 Å². The second-order valence-electron chi connectivity index (χ2n) is 4.55. The SMILES string of the molecule is CSCC(C)N(C)C(=O)N[C@H](C(=O)O)c1ccccc1. The third-order valence-electron chi connectivity index (χ3n) is 3.04. The van der Waals surface area contributed by atoms with Crippen LogP contribution in [-0.2, 0) is 4.79 Å². The average molecular weight is 296 g/mol. The molecular weight excluding hydrogens is 276 g/mol. The maximum atomic E-state index is 12.1. The Morgan fingerprint density at radius 3 is 2.45 bits per heavy atom. The fourth-order valence-electron chi connectivity index (χ4n) is 1.71. The zero-order valence-corrected chi connectivity index (χ0v) is 12.7. The third kappa shape index (κ3) is 4.45. The average Bonchev–Trinajstić information content (AvgIpc) is 2.44. The Hall–Kier alpha value is -1.69. The molecule has 110 valence electrons. The van der Waals surface area contributed by atoms with Crippen LogP contribution in [-0.4, -0.2) is 47.1 Å². The number of thioether (sulfide) groups is 1. The second kappa shape index (κ2) is 7.79. The van der Waals surface area contributed by atoms with Crippen LogP contribution in [0.15, 0.2) is 30.3 Å². The van der Waals surface area contributed by atoms with Crippen molar-refractivity contribution in [1.82, 2.24) is 10.2 Å². The molecule has 0 fully saturated rings. The number of aliphatic carboxylic acids is 1. The van der Waals surface area contributed by atoms with Crippen molar-refractivity contribution in [2.75, 3.05) is 19.1 Å². The molecule has 1 aromatic rings. The lowest BCUT2D eigenvalue weighted by Crippen LogP contribution is -2.46. The molecule has 2 atom stereocenters. The van der Waals surface area contributed by atoms with Crippen LogP contribution in [0.4, 0.5) is 4.79 Å². The Balaban J connectivity index is 2.77. The van der Waals surface area contributed by atoms with E-state index in [1.165, 1.54) is 4.90 Å². The van der Waals surface area contributed by atoms with Crippen molar-refractivity contribution in [1.29, 1.82) is 0 Å². The summed E-state index contributed by atoms with van der Waals surface area (Å²) in [6.45, 7) is 1.92. The van der Waals surface area contributed by atoms with Gasteiger partial charge in [0.2, 0.25) is 0 Å². The highest BCUT2D eigenvalue weighted by Gasteiger charge is 2.24. The van der Waals surface area contributed by atoms with Crippen molar-refractivity contribution >= 4 is 23.8 Å². The van der Waals surface area contributed by atoms with Gasteiger partial charge < -0.3 is 15.3 Å². The van der Waals surface area contributed by atoms with Crippen LogP contribution in [0, 0.1) is 0 Å². The van der Waals surface area contributed by atoms with E-state index >= 15 is 0 Å². The van der Waals surface area contributed by atoms with Crippen molar-refractivity contribution < 1.29 is 14.7 Å². The highest BCUT2D eigenvalue weighted by molar-refractivity contribution is 7.98. The predicted octanol–water partition coefficient (Wildman–Crippen LogP) is 2.21. The molecule has 0 aromatic heterocycles. The van der Waals surface area contributed by atoms with Crippen LogP contribution < -0.4 is 5.32 Å². The van der Waals surface area contributed by atoms with Crippen LogP contribution in [0.3, 0.4) is 0 Å². The summed E-state index contributed by atoms with van der Waals surface area (Å²) >= 11 is 1.64. The van der Waals surface area contributed by atoms with E-state index in [0.29, 0.717) is 5.56 Å². The van der Waals surface area contributed by atoms with Gasteiger partial charge in [0.15, 0.2) is 6.04 Å². The van der Waals surface area contributed by atoms with Gasteiger partial charge in [0.25, 0.3) is 0 Å². The minimum absolute atomic E-state index is 0.0372. The standard InChI is InChI=1S/C14H20N2O3S/c1-10(9-20-3)16(2)14(19)15-12(13(17)18)11-7-5-4-6-8-11/h4-8,10,12H,9H2,1-3H3,(H,15,19)(H,17,18)/t10?,12-/m0/s1. The van der Waals surface area contributed by atoms with Crippen LogP contribution in [0.1, 0.15) is 18.5 Å². The number of benzene rings is 1. The van der Waals surface area contributed by atoms with E-state index in [0.717, 1.165) is 5.75 Å². The zero-order valence-electron chi connectivity index (χ0n) is 11.9. The van der Waals surface area contributed by atoms with Gasteiger partial charge in [0.1, 0.15) is 0 Å². The minimum atomic E-state index is -1.07. The topological polar surface area (TPSA) is 69.6 Å². The van der Waals surface area contributed by atoms with Gasteiger partial charge in [0.05, 0.1) is 0 Å². The first-order valence-corrected chi connectivity index (χ1v) is 7.66. The Labute approximate surface area is 123 Å². The van der Waals surface area contributed by atoms with E-state index in [2.05, 4.69) is 5.32 Å². The first kappa shape index (κ1) is 16.4. The highest BCUT2D eigenvalue weighted by Crippen LogP contribution is 2.14. The van der Waals surface area contributed by atoms with Crippen molar-refractivity contribution in [3.63, 3.8) is 0 Å². The van der Waals surface area contributed by atoms with Gasteiger partial charge in [-0.25, -0.2) is 9.59 Å². The Morgan fingerprint density at radius 2 is 1.95 bits per heavy atom. The number of nitrogens with zero attached hydrogens (tertiary/aromatic N) is 1. The normalized spacial score (nSPS) is 13.3. The zero-order chi connectivity index (χ0) is 15.1. The van der Waals surface area contributed by atoms with Gasteiger partial charge in [-0.15, -0.1) is 0 Å². The van der Waals surface area contributed by atoms with Crippen LogP contribution in [0.25, 0.3) is 0 Å². The van der Waals surface area contributed by atoms with Gasteiger partial charge in [-0.3, -0.25) is 0 Å². The summed E-state index contributed by atoms with van der Waals surface area (Å²) in [6, 6.07) is 7.28. The molecular formula is C14H20N2O3S. The summed E-state index contributed by atoms with van der Waals surface area (Å²) in [7, 11) is 1.67. The number of carbonyl (C=O) groups is 2. The number of carbonyl (C=O) groups excluding carboxylic acids is 1. The fourth-order valence-corrected chi connectivity index (χ4v) is 2.42. The van der Waals surface area contributed by atoms with Crippen molar-refractivity contribution in [3.8, 4) is 0 Å². The number of hydrogen-bond donors (Lipinski definition) is 2. The van der Waals surface area contributed by atoms with Crippen LogP contribution >= 0.6 is 11.8 Å². The molecule has 0 saturated heterocycles. The predicted molar refractivity (Wildman–Crippen MR) is 81.0 cm³/mol. The number of hydrogen-bond acceptors (Lipinski definition) is 3. The minimum Gasteiger partial charge on any atom is -0.479 e. The number of rotatable bonds is 6. The van der Waals surface area contributed by atoms with Crippen LogP contribution in [0.5, 0.6) is 0 Å². The lowest BCUT2D eigenvalue weighted by molar-refractivity contribution is -0.139. The quantitative estimate of drug-likeness (QED) is 0.844. The Morgan fingerprint density at radius 1 is 1.35 bits per heavy atom. The molecule has 0 spiro atoms. The van der Waals surface area contributed by atoms with E-state index in [9.17, 15) is 14.7 Å². The Kier molecular flexibility index (Phi) is 6.38. The molecule has 2 amide bonds. The van der Waals surface area contributed by atoms with E-state index in [-0.39, 0.29) is 12.1 Å². The first-order chi connectivity index (χ1) is 9.47. The van der Waals surface area contributed by atoms with Gasteiger partial charge in [0, 0.05) is 18.8 Å². The maximum absolute atomic E-state index is 12.1. The maximum Gasteiger partial charge on any atom is 0.330 e. The molecule has 0 aliphatic carbocycles. The summed E-state index contributed by atoms with van der Waals surface area (Å²) in [5.74, 6) is -0.275. The number of carboxylic acids is 1. The third-order valence-corrected chi connectivity index (χ3v) is 3.85. The molecule has 0 heterocycles. The molecule has 2 N–H and O–H groups in total. The summed E-state index contributed by atoms with van der Waals surface area (Å²) in [5, 5.41) is 11.8. The number of amides is 2. The molecule has 0 aliphatic heterocycles. The highest BCUT2D eigenvalue weighted by atomic mass is 32.2. The Bertz CT molecular complexity index is 453. The van der Waals surface area contributed by atoms with Crippen molar-refractivity contribution in [2.45, 2.75) is 19.0 Å². The van der Waals surface area contributed by atoms with Crippen LogP contribution in [0.2, 0.25) is 0 Å². The largest absolute Gasteiger partial charge is 0.479 e. The fraction of sp³-hybridized carbons (Fsp3) is 0.429. The lowest BCUT2D eigenvalue weighted by atomic mass is 10.1.